The van der Waals surface area contributed by atoms with Gasteiger partial charge in [-0.1, -0.05) is 0 Å². The summed E-state index contributed by atoms with van der Waals surface area (Å²) >= 11 is 0. The van der Waals surface area contributed by atoms with Crippen molar-refractivity contribution in [2.45, 2.75) is 31.1 Å². The molecule has 2 fully saturated rings. The number of methoxy groups -OCH3 is 1. The molecule has 1 heterocycles. The molecule has 1 amide bonds. The Labute approximate surface area is 170 Å². The van der Waals surface area contributed by atoms with Crippen LogP contribution in [0.2, 0.25) is 0 Å². The Morgan fingerprint density at radius 3 is 2.31 bits per heavy atom. The van der Waals surface area contributed by atoms with E-state index < -0.39 is 20.7 Å². The van der Waals surface area contributed by atoms with Gasteiger partial charge in [0.2, 0.25) is 15.9 Å². The van der Waals surface area contributed by atoms with Crippen molar-refractivity contribution in [3.63, 3.8) is 0 Å². The third-order valence-electron chi connectivity index (χ3n) is 5.41. The number of amides is 1. The lowest BCUT2D eigenvalue weighted by molar-refractivity contribution is -0.116. The molecule has 8 heteroatoms. The summed E-state index contributed by atoms with van der Waals surface area (Å²) in [4.78, 5) is 13.0. The maximum atomic E-state index is 13.2. The van der Waals surface area contributed by atoms with Crippen LogP contribution < -0.4 is 19.1 Å². The molecule has 2 aromatic carbocycles. The fraction of sp³-hybridized carbons (Fsp3) is 0.381. The predicted octanol–water partition coefficient (Wildman–Crippen LogP) is 3.03. The van der Waals surface area contributed by atoms with E-state index in [-0.39, 0.29) is 12.0 Å². The van der Waals surface area contributed by atoms with Crippen LogP contribution in [-0.4, -0.2) is 38.8 Å². The van der Waals surface area contributed by atoms with E-state index >= 15 is 0 Å². The highest BCUT2D eigenvalue weighted by Crippen LogP contribution is 2.58. The van der Waals surface area contributed by atoms with Crippen molar-refractivity contribution in [3.8, 4) is 11.5 Å². The van der Waals surface area contributed by atoms with Crippen LogP contribution in [0.15, 0.2) is 48.5 Å². The van der Waals surface area contributed by atoms with Crippen molar-refractivity contribution in [2.24, 2.45) is 5.92 Å². The molecule has 29 heavy (non-hydrogen) atoms. The average Bonchev–Trinajstić information content (AvgIpc) is 3.38. The van der Waals surface area contributed by atoms with E-state index in [1.807, 2.05) is 13.8 Å². The number of sulfonamides is 1. The van der Waals surface area contributed by atoms with Crippen LogP contribution in [0.1, 0.15) is 20.3 Å². The largest absolute Gasteiger partial charge is 0.497 e. The molecule has 0 radical (unpaired) electrons. The quantitative estimate of drug-likeness (QED) is 0.782. The normalized spacial score (nSPS) is 24.1. The van der Waals surface area contributed by atoms with Crippen molar-refractivity contribution in [1.82, 2.24) is 0 Å². The number of carbonyl (C=O) groups is 1. The number of anilines is 2. The van der Waals surface area contributed by atoms with Crippen LogP contribution in [-0.2, 0) is 14.8 Å². The first kappa shape index (κ1) is 19.6. The van der Waals surface area contributed by atoms with E-state index in [2.05, 4.69) is 5.32 Å². The van der Waals surface area contributed by atoms with Gasteiger partial charge in [0.1, 0.15) is 11.5 Å². The van der Waals surface area contributed by atoms with E-state index in [1.165, 1.54) is 4.31 Å². The fourth-order valence-corrected chi connectivity index (χ4v) is 6.21. The molecule has 4 rings (SSSR count). The minimum Gasteiger partial charge on any atom is -0.497 e. The SMILES string of the molecule is COc1ccc(N2C[C@H]3C[C@]3(C(=O)Nc3ccc(OC(C)C)cc3)S2(=O)=O)cc1. The van der Waals surface area contributed by atoms with Gasteiger partial charge < -0.3 is 14.8 Å². The Morgan fingerprint density at radius 2 is 1.72 bits per heavy atom. The first-order valence-corrected chi connectivity index (χ1v) is 11.0. The molecule has 0 spiro atoms. The molecular formula is C21H24N2O5S. The predicted molar refractivity (Wildman–Crippen MR) is 111 cm³/mol. The maximum absolute atomic E-state index is 13.2. The highest BCUT2D eigenvalue weighted by atomic mass is 32.2. The number of ether oxygens (including phenoxy) is 2. The van der Waals surface area contributed by atoms with Crippen molar-refractivity contribution in [1.29, 1.82) is 0 Å². The number of rotatable bonds is 6. The highest BCUT2D eigenvalue weighted by Gasteiger charge is 2.75. The second-order valence-electron chi connectivity index (χ2n) is 7.67. The molecule has 1 saturated heterocycles. The molecule has 2 atom stereocenters. The second kappa shape index (κ2) is 6.95. The summed E-state index contributed by atoms with van der Waals surface area (Å²) in [6.45, 7) is 4.17. The van der Waals surface area contributed by atoms with Crippen LogP contribution >= 0.6 is 0 Å². The average molecular weight is 416 g/mol. The van der Waals surface area contributed by atoms with E-state index in [1.54, 1.807) is 55.6 Å². The van der Waals surface area contributed by atoms with Gasteiger partial charge in [-0.15, -0.1) is 0 Å². The van der Waals surface area contributed by atoms with E-state index in [0.717, 1.165) is 0 Å². The summed E-state index contributed by atoms with van der Waals surface area (Å²) < 4.78 is 37.1. The summed E-state index contributed by atoms with van der Waals surface area (Å²) in [6.07, 6.45) is 0.400. The van der Waals surface area contributed by atoms with Crippen LogP contribution in [0.3, 0.4) is 0 Å². The Balaban J connectivity index is 1.52. The molecule has 2 aromatic rings. The summed E-state index contributed by atoms with van der Waals surface area (Å²) in [5, 5.41) is 2.77. The van der Waals surface area contributed by atoms with Crippen molar-refractivity contribution in [2.75, 3.05) is 23.3 Å². The third kappa shape index (κ3) is 3.21. The lowest BCUT2D eigenvalue weighted by Gasteiger charge is -2.23. The Hall–Kier alpha value is -2.74. The number of nitrogens with zero attached hydrogens (tertiary/aromatic N) is 1. The second-order valence-corrected chi connectivity index (χ2v) is 9.79. The summed E-state index contributed by atoms with van der Waals surface area (Å²) in [6, 6.07) is 13.7. The molecule has 1 aliphatic carbocycles. The third-order valence-corrected chi connectivity index (χ3v) is 7.96. The fourth-order valence-electron chi connectivity index (χ4n) is 3.84. The van der Waals surface area contributed by atoms with Gasteiger partial charge in [0, 0.05) is 18.2 Å². The molecule has 1 aliphatic heterocycles. The highest BCUT2D eigenvalue weighted by molar-refractivity contribution is 7.95. The zero-order valence-electron chi connectivity index (χ0n) is 16.6. The number of hydrogen-bond donors (Lipinski definition) is 1. The van der Waals surface area contributed by atoms with Crippen LogP contribution in [0, 0.1) is 5.92 Å². The zero-order valence-corrected chi connectivity index (χ0v) is 17.4. The molecule has 0 aromatic heterocycles. The van der Waals surface area contributed by atoms with Crippen molar-refractivity contribution < 1.29 is 22.7 Å². The monoisotopic (exact) mass is 416 g/mol. The smallest absolute Gasteiger partial charge is 0.250 e. The minimum absolute atomic E-state index is 0.0501. The summed E-state index contributed by atoms with van der Waals surface area (Å²) in [5.41, 5.74) is 1.09. The van der Waals surface area contributed by atoms with Gasteiger partial charge in [0.05, 0.1) is 18.9 Å². The number of benzene rings is 2. The molecule has 2 aliphatic rings. The Bertz CT molecular complexity index is 1020. The molecule has 154 valence electrons. The standard InChI is InChI=1S/C21H24N2O5S/c1-14(2)28-19-8-4-16(5-9-19)22-20(24)21-12-15(21)13-23(29(21,25)26)17-6-10-18(27-3)11-7-17/h4-11,14-15H,12-13H2,1-3H3,(H,22,24)/t15-,21+/m1/s1. The molecule has 1 N–H and O–H groups in total. The molecule has 1 saturated carbocycles. The molecule has 0 bridgehead atoms. The minimum atomic E-state index is -3.81. The van der Waals surface area contributed by atoms with Crippen LogP contribution in [0.25, 0.3) is 0 Å². The van der Waals surface area contributed by atoms with E-state index in [4.69, 9.17) is 9.47 Å². The van der Waals surface area contributed by atoms with Gasteiger partial charge in [0.25, 0.3) is 0 Å². The molecule has 0 unspecified atom stereocenters. The van der Waals surface area contributed by atoms with Crippen molar-refractivity contribution >= 4 is 27.3 Å². The van der Waals surface area contributed by atoms with E-state index in [9.17, 15) is 13.2 Å². The maximum Gasteiger partial charge on any atom is 0.250 e. The van der Waals surface area contributed by atoms with Gasteiger partial charge in [-0.05, 0) is 68.8 Å². The number of nitrogens with one attached hydrogen (secondary N) is 1. The lowest BCUT2D eigenvalue weighted by atomic mass is 10.2. The van der Waals surface area contributed by atoms with Gasteiger partial charge in [-0.2, -0.15) is 0 Å². The van der Waals surface area contributed by atoms with E-state index in [0.29, 0.717) is 35.8 Å². The Kier molecular flexibility index (Phi) is 4.69. The first-order chi connectivity index (χ1) is 13.8. The van der Waals surface area contributed by atoms with Crippen molar-refractivity contribution in [3.05, 3.63) is 48.5 Å². The number of fused-ring (bicyclic) bond motifs is 1. The Morgan fingerprint density at radius 1 is 1.10 bits per heavy atom. The van der Waals surface area contributed by atoms with Gasteiger partial charge in [0.15, 0.2) is 4.75 Å². The first-order valence-electron chi connectivity index (χ1n) is 9.52. The molecular weight excluding hydrogens is 392 g/mol. The van der Waals surface area contributed by atoms with Crippen LogP contribution in [0.4, 0.5) is 11.4 Å². The van der Waals surface area contributed by atoms with Gasteiger partial charge in [-0.3, -0.25) is 9.10 Å². The summed E-state index contributed by atoms with van der Waals surface area (Å²) in [7, 11) is -2.26. The van der Waals surface area contributed by atoms with Crippen LogP contribution in [0.5, 0.6) is 11.5 Å². The lowest BCUT2D eigenvalue weighted by Crippen LogP contribution is -2.42. The number of hydrogen-bond acceptors (Lipinski definition) is 5. The topological polar surface area (TPSA) is 84.9 Å². The molecule has 7 nitrogen and oxygen atoms in total. The van der Waals surface area contributed by atoms with Gasteiger partial charge >= 0.3 is 0 Å². The van der Waals surface area contributed by atoms with Gasteiger partial charge in [-0.25, -0.2) is 8.42 Å². The number of carbonyl (C=O) groups excluding carboxylic acids is 1. The summed E-state index contributed by atoms with van der Waals surface area (Å²) in [5.74, 6) is 0.654. The zero-order chi connectivity index (χ0) is 20.8.